The van der Waals surface area contributed by atoms with Gasteiger partial charge in [-0.05, 0) is 67.9 Å². The molecule has 118 valence electrons. The third-order valence-corrected chi connectivity index (χ3v) is 7.53. The summed E-state index contributed by atoms with van der Waals surface area (Å²) in [5.74, 6) is 3.04. The Kier molecular flexibility index (Phi) is 3.29. The van der Waals surface area contributed by atoms with Crippen LogP contribution >= 0.6 is 11.8 Å². The van der Waals surface area contributed by atoms with Gasteiger partial charge in [-0.2, -0.15) is 0 Å². The molecule has 0 amide bonds. The van der Waals surface area contributed by atoms with Gasteiger partial charge in [0, 0.05) is 27.6 Å². The number of rotatable bonds is 3. The molecule has 1 aromatic heterocycles. The van der Waals surface area contributed by atoms with E-state index in [4.69, 9.17) is 0 Å². The summed E-state index contributed by atoms with van der Waals surface area (Å²) in [6, 6.07) is 13.0. The van der Waals surface area contributed by atoms with Crippen LogP contribution in [0.25, 0.3) is 11.1 Å². The lowest BCUT2D eigenvalue weighted by molar-refractivity contribution is 0.0383. The number of hydrogen-bond donors (Lipinski definition) is 0. The molecule has 0 radical (unpaired) electrons. The van der Waals surface area contributed by atoms with Gasteiger partial charge in [0.15, 0.2) is 0 Å². The molecule has 2 aromatic rings. The van der Waals surface area contributed by atoms with E-state index in [-0.39, 0.29) is 0 Å². The van der Waals surface area contributed by atoms with Crippen molar-refractivity contribution in [3.05, 3.63) is 48.8 Å². The summed E-state index contributed by atoms with van der Waals surface area (Å²) in [5.41, 5.74) is 2.52. The molecule has 4 bridgehead atoms. The highest BCUT2D eigenvalue weighted by Gasteiger charge is 2.51. The predicted octanol–water partition coefficient (Wildman–Crippen LogP) is 5.81. The minimum atomic E-state index is 0.520. The number of aromatic nitrogens is 1. The van der Waals surface area contributed by atoms with E-state index in [1.165, 1.54) is 54.5 Å². The van der Waals surface area contributed by atoms with Gasteiger partial charge < -0.3 is 0 Å². The van der Waals surface area contributed by atoms with Crippen LogP contribution in [-0.2, 0) is 0 Å². The zero-order chi connectivity index (χ0) is 15.3. The van der Waals surface area contributed by atoms with Crippen molar-refractivity contribution in [2.24, 2.45) is 17.8 Å². The Balaban J connectivity index is 1.43. The van der Waals surface area contributed by atoms with Crippen LogP contribution in [0.4, 0.5) is 0 Å². The number of hydrogen-bond acceptors (Lipinski definition) is 2. The summed E-state index contributed by atoms with van der Waals surface area (Å²) in [6.45, 7) is 0. The molecule has 0 unspecified atom stereocenters. The topological polar surface area (TPSA) is 12.9 Å². The normalized spacial score (nSPS) is 34.7. The second kappa shape index (κ2) is 5.37. The molecule has 1 nitrogen and oxygen atoms in total. The van der Waals surface area contributed by atoms with Gasteiger partial charge in [-0.25, -0.2) is 0 Å². The monoisotopic (exact) mass is 321 g/mol. The number of thioether (sulfide) groups is 1. The highest BCUT2D eigenvalue weighted by molar-refractivity contribution is 8.00. The Morgan fingerprint density at radius 3 is 2.13 bits per heavy atom. The zero-order valence-corrected chi connectivity index (χ0v) is 14.3. The summed E-state index contributed by atoms with van der Waals surface area (Å²) in [5, 5.41) is 0. The van der Waals surface area contributed by atoms with E-state index in [1.807, 2.05) is 6.20 Å². The molecular weight excluding hydrogens is 298 g/mol. The highest BCUT2D eigenvalue weighted by atomic mass is 32.2. The van der Waals surface area contributed by atoms with Crippen molar-refractivity contribution >= 4 is 11.8 Å². The Hall–Kier alpha value is -1.28. The summed E-state index contributed by atoms with van der Waals surface area (Å²) in [7, 11) is 0. The van der Waals surface area contributed by atoms with Crippen LogP contribution < -0.4 is 0 Å². The number of benzene rings is 1. The fraction of sp³-hybridized carbons (Fsp3) is 0.476. The minimum absolute atomic E-state index is 0.520. The first-order chi connectivity index (χ1) is 11.3. The summed E-state index contributed by atoms with van der Waals surface area (Å²) in [6.07, 6.45) is 13.0. The van der Waals surface area contributed by atoms with Crippen molar-refractivity contribution in [3.8, 4) is 11.1 Å². The van der Waals surface area contributed by atoms with Crippen molar-refractivity contribution in [2.75, 3.05) is 0 Å². The molecule has 4 saturated carbocycles. The second-order valence-electron chi connectivity index (χ2n) is 7.98. The Bertz CT molecular complexity index is 674. The van der Waals surface area contributed by atoms with Crippen LogP contribution in [0.1, 0.15) is 38.5 Å². The lowest BCUT2D eigenvalue weighted by Gasteiger charge is -2.56. The first kappa shape index (κ1) is 14.1. The molecule has 4 aliphatic rings. The van der Waals surface area contributed by atoms with E-state index < -0.39 is 0 Å². The molecule has 0 spiro atoms. The molecule has 23 heavy (non-hydrogen) atoms. The number of nitrogens with zero attached hydrogens (tertiary/aromatic N) is 1. The SMILES string of the molecule is c1ccc(-c2cncc(SC34CC5CC(CC(C5)C3)C4)c2)cc1. The summed E-state index contributed by atoms with van der Waals surface area (Å²) < 4.78 is 0.520. The van der Waals surface area contributed by atoms with Crippen molar-refractivity contribution in [3.63, 3.8) is 0 Å². The van der Waals surface area contributed by atoms with Gasteiger partial charge in [-0.1, -0.05) is 30.3 Å². The van der Waals surface area contributed by atoms with Gasteiger partial charge in [0.05, 0.1) is 0 Å². The van der Waals surface area contributed by atoms with Gasteiger partial charge in [0.25, 0.3) is 0 Å². The van der Waals surface area contributed by atoms with E-state index in [1.54, 1.807) is 0 Å². The molecule has 1 aromatic carbocycles. The van der Waals surface area contributed by atoms with Crippen LogP contribution in [0.2, 0.25) is 0 Å². The summed E-state index contributed by atoms with van der Waals surface area (Å²) >= 11 is 2.15. The molecule has 4 fully saturated rings. The Morgan fingerprint density at radius 2 is 1.48 bits per heavy atom. The largest absolute Gasteiger partial charge is 0.263 e. The smallest absolute Gasteiger partial charge is 0.0404 e. The molecule has 0 aliphatic heterocycles. The van der Waals surface area contributed by atoms with Crippen LogP contribution in [0.3, 0.4) is 0 Å². The third kappa shape index (κ3) is 2.61. The molecule has 4 aliphatic carbocycles. The summed E-state index contributed by atoms with van der Waals surface area (Å²) in [4.78, 5) is 5.91. The molecule has 1 heterocycles. The fourth-order valence-electron chi connectivity index (χ4n) is 5.67. The van der Waals surface area contributed by atoms with E-state index in [2.05, 4.69) is 59.3 Å². The van der Waals surface area contributed by atoms with Crippen molar-refractivity contribution in [1.29, 1.82) is 0 Å². The first-order valence-electron chi connectivity index (χ1n) is 8.97. The van der Waals surface area contributed by atoms with Crippen molar-refractivity contribution in [1.82, 2.24) is 4.98 Å². The average Bonchev–Trinajstić information content (AvgIpc) is 2.54. The maximum Gasteiger partial charge on any atom is 0.0404 e. The fourth-order valence-corrected chi connectivity index (χ4v) is 7.43. The van der Waals surface area contributed by atoms with Crippen LogP contribution in [-0.4, -0.2) is 9.73 Å². The molecule has 0 N–H and O–H groups in total. The van der Waals surface area contributed by atoms with Gasteiger partial charge in [0.1, 0.15) is 0 Å². The number of pyridine rings is 1. The van der Waals surface area contributed by atoms with Crippen LogP contribution in [0.5, 0.6) is 0 Å². The van der Waals surface area contributed by atoms with Gasteiger partial charge in [-0.15, -0.1) is 11.8 Å². The van der Waals surface area contributed by atoms with E-state index in [0.717, 1.165) is 17.8 Å². The third-order valence-electron chi connectivity index (χ3n) is 6.14. The molecule has 0 saturated heterocycles. The second-order valence-corrected chi connectivity index (χ2v) is 9.52. The molecule has 6 rings (SSSR count). The maximum atomic E-state index is 4.54. The van der Waals surface area contributed by atoms with Gasteiger partial charge in [0.2, 0.25) is 0 Å². The quantitative estimate of drug-likeness (QED) is 0.707. The van der Waals surface area contributed by atoms with Gasteiger partial charge >= 0.3 is 0 Å². The predicted molar refractivity (Wildman–Crippen MR) is 96.4 cm³/mol. The van der Waals surface area contributed by atoms with Gasteiger partial charge in [-0.3, -0.25) is 4.98 Å². The van der Waals surface area contributed by atoms with Crippen molar-refractivity contribution in [2.45, 2.75) is 48.2 Å². The highest BCUT2D eigenvalue weighted by Crippen LogP contribution is 2.61. The van der Waals surface area contributed by atoms with Crippen LogP contribution in [0, 0.1) is 17.8 Å². The lowest BCUT2D eigenvalue weighted by Crippen LogP contribution is -2.48. The lowest BCUT2D eigenvalue weighted by atomic mass is 9.56. The molecule has 0 atom stereocenters. The Morgan fingerprint density at radius 1 is 0.826 bits per heavy atom. The van der Waals surface area contributed by atoms with E-state index in [9.17, 15) is 0 Å². The average molecular weight is 321 g/mol. The molecule has 2 heteroatoms. The molecular formula is C21H23NS. The van der Waals surface area contributed by atoms with E-state index >= 15 is 0 Å². The van der Waals surface area contributed by atoms with E-state index in [0.29, 0.717) is 4.75 Å². The van der Waals surface area contributed by atoms with Crippen LogP contribution in [0.15, 0.2) is 53.7 Å². The maximum absolute atomic E-state index is 4.54. The standard InChI is InChI=1S/C21H23NS/c1-2-4-18(5-3-1)19-9-20(14-22-13-19)23-21-10-15-6-16(11-21)8-17(7-15)12-21/h1-5,9,13-17H,6-8,10-12H2. The zero-order valence-electron chi connectivity index (χ0n) is 13.4. The Labute approximate surface area is 142 Å². The van der Waals surface area contributed by atoms with Crippen molar-refractivity contribution < 1.29 is 0 Å². The first-order valence-corrected chi connectivity index (χ1v) is 9.79. The minimum Gasteiger partial charge on any atom is -0.263 e.